The Morgan fingerprint density at radius 1 is 0.947 bits per heavy atom. The van der Waals surface area contributed by atoms with Gasteiger partial charge in [0, 0.05) is 0 Å². The van der Waals surface area contributed by atoms with Crippen LogP contribution in [-0.4, -0.2) is 15.2 Å². The second kappa shape index (κ2) is 4.81. The molecule has 1 aromatic heterocycles. The van der Waals surface area contributed by atoms with Gasteiger partial charge in [-0.3, -0.25) is 5.10 Å². The van der Waals surface area contributed by atoms with Crippen LogP contribution in [0.1, 0.15) is 0 Å². The molecule has 19 heavy (non-hydrogen) atoms. The summed E-state index contributed by atoms with van der Waals surface area (Å²) in [5, 5.41) is 6.61. The summed E-state index contributed by atoms with van der Waals surface area (Å²) in [5.74, 6) is 2.26. The third kappa shape index (κ3) is 2.40. The summed E-state index contributed by atoms with van der Waals surface area (Å²) in [4.78, 5) is 4.11. The molecule has 0 radical (unpaired) electrons. The number of nitrogens with two attached hydrogens (primary N) is 1. The predicted octanol–water partition coefficient (Wildman–Crippen LogP) is 2.85. The monoisotopic (exact) mass is 252 g/mol. The molecule has 0 fully saturated rings. The third-order valence-electron chi connectivity index (χ3n) is 2.62. The lowest BCUT2D eigenvalue weighted by atomic mass is 10.2. The average Bonchev–Trinajstić information content (AvgIpc) is 2.87. The maximum atomic E-state index is 5.84. The van der Waals surface area contributed by atoms with Crippen LogP contribution in [-0.2, 0) is 0 Å². The summed E-state index contributed by atoms with van der Waals surface area (Å²) in [5.41, 5.74) is 6.34. The van der Waals surface area contributed by atoms with E-state index in [0.29, 0.717) is 11.6 Å². The van der Waals surface area contributed by atoms with Crippen molar-refractivity contribution in [3.63, 3.8) is 0 Å². The van der Waals surface area contributed by atoms with E-state index < -0.39 is 0 Å². The van der Waals surface area contributed by atoms with Crippen LogP contribution >= 0.6 is 0 Å². The van der Waals surface area contributed by atoms with Gasteiger partial charge in [0.2, 0.25) is 5.95 Å². The first-order valence-electron chi connectivity index (χ1n) is 5.83. The molecule has 0 saturated carbocycles. The van der Waals surface area contributed by atoms with E-state index in [1.54, 1.807) is 0 Å². The second-order valence-electron chi connectivity index (χ2n) is 3.95. The van der Waals surface area contributed by atoms with Crippen LogP contribution in [0, 0.1) is 0 Å². The van der Waals surface area contributed by atoms with E-state index in [1.165, 1.54) is 0 Å². The van der Waals surface area contributed by atoms with Gasteiger partial charge < -0.3 is 10.5 Å². The Kier molecular flexibility index (Phi) is 2.86. The van der Waals surface area contributed by atoms with Crippen molar-refractivity contribution in [3.05, 3.63) is 54.6 Å². The van der Waals surface area contributed by atoms with E-state index in [4.69, 9.17) is 10.5 Å². The predicted molar refractivity (Wildman–Crippen MR) is 72.7 cm³/mol. The zero-order chi connectivity index (χ0) is 13.1. The number of nitrogens with one attached hydrogen (secondary N) is 1. The molecule has 0 atom stereocenters. The minimum absolute atomic E-state index is 0.213. The topological polar surface area (TPSA) is 76.8 Å². The highest BCUT2D eigenvalue weighted by Crippen LogP contribution is 2.31. The van der Waals surface area contributed by atoms with E-state index in [1.807, 2.05) is 54.6 Å². The fourth-order valence-corrected chi connectivity index (χ4v) is 1.76. The first kappa shape index (κ1) is 11.3. The number of nitrogen functional groups attached to an aromatic ring is 1. The number of benzene rings is 2. The molecule has 3 N–H and O–H groups in total. The number of ether oxygens (including phenoxy) is 1. The highest BCUT2D eigenvalue weighted by molar-refractivity contribution is 5.65. The largest absolute Gasteiger partial charge is 0.457 e. The number of aromatic amines is 1. The molecule has 0 aliphatic carbocycles. The lowest BCUT2D eigenvalue weighted by Crippen LogP contribution is -1.89. The number of rotatable bonds is 3. The third-order valence-corrected chi connectivity index (χ3v) is 2.62. The molecule has 0 saturated heterocycles. The second-order valence-corrected chi connectivity index (χ2v) is 3.95. The van der Waals surface area contributed by atoms with Crippen molar-refractivity contribution in [1.82, 2.24) is 15.2 Å². The van der Waals surface area contributed by atoms with E-state index >= 15 is 0 Å². The lowest BCUT2D eigenvalue weighted by molar-refractivity contribution is 0.484. The van der Waals surface area contributed by atoms with E-state index in [0.717, 1.165) is 11.3 Å². The van der Waals surface area contributed by atoms with E-state index in [-0.39, 0.29) is 5.95 Å². The maximum absolute atomic E-state index is 5.84. The SMILES string of the molecule is Nc1n[nH]c(-c2ccccc2Oc2ccccc2)n1. The van der Waals surface area contributed by atoms with Gasteiger partial charge >= 0.3 is 0 Å². The quantitative estimate of drug-likeness (QED) is 0.751. The Morgan fingerprint density at radius 2 is 1.68 bits per heavy atom. The van der Waals surface area contributed by atoms with Crippen molar-refractivity contribution < 1.29 is 4.74 Å². The average molecular weight is 252 g/mol. The Balaban J connectivity index is 1.98. The van der Waals surface area contributed by atoms with Gasteiger partial charge in [0.1, 0.15) is 11.5 Å². The fraction of sp³-hybridized carbons (Fsp3) is 0. The summed E-state index contributed by atoms with van der Waals surface area (Å²) in [7, 11) is 0. The molecule has 94 valence electrons. The molecule has 0 unspecified atom stereocenters. The molecular formula is C14H12N4O. The molecule has 5 heteroatoms. The summed E-state index contributed by atoms with van der Waals surface area (Å²) < 4.78 is 5.84. The first-order chi connectivity index (χ1) is 9.33. The van der Waals surface area contributed by atoms with Crippen molar-refractivity contribution in [3.8, 4) is 22.9 Å². The van der Waals surface area contributed by atoms with Crippen molar-refractivity contribution in [2.24, 2.45) is 0 Å². The number of hydrogen-bond acceptors (Lipinski definition) is 4. The summed E-state index contributed by atoms with van der Waals surface area (Å²) in [6, 6.07) is 17.2. The van der Waals surface area contributed by atoms with Crippen LogP contribution in [0.15, 0.2) is 54.6 Å². The lowest BCUT2D eigenvalue weighted by Gasteiger charge is -2.08. The van der Waals surface area contributed by atoms with Crippen molar-refractivity contribution in [2.45, 2.75) is 0 Å². The van der Waals surface area contributed by atoms with E-state index in [9.17, 15) is 0 Å². The molecule has 0 aliphatic rings. The normalized spacial score (nSPS) is 10.3. The smallest absolute Gasteiger partial charge is 0.239 e. The molecule has 2 aromatic carbocycles. The highest BCUT2D eigenvalue weighted by Gasteiger charge is 2.10. The zero-order valence-corrected chi connectivity index (χ0v) is 10.1. The maximum Gasteiger partial charge on any atom is 0.239 e. The van der Waals surface area contributed by atoms with Gasteiger partial charge in [-0.2, -0.15) is 4.98 Å². The summed E-state index contributed by atoms with van der Waals surface area (Å²) in [6.45, 7) is 0. The Bertz CT molecular complexity index is 679. The number of nitrogens with zero attached hydrogens (tertiary/aromatic N) is 2. The van der Waals surface area contributed by atoms with Gasteiger partial charge in [-0.15, -0.1) is 5.10 Å². The molecular weight excluding hydrogens is 240 g/mol. The molecule has 5 nitrogen and oxygen atoms in total. The molecule has 0 bridgehead atoms. The number of H-pyrrole nitrogens is 1. The highest BCUT2D eigenvalue weighted by atomic mass is 16.5. The molecule has 3 aromatic rings. The van der Waals surface area contributed by atoms with Crippen molar-refractivity contribution in [1.29, 1.82) is 0 Å². The van der Waals surface area contributed by atoms with Gasteiger partial charge in [0.15, 0.2) is 5.82 Å². The summed E-state index contributed by atoms with van der Waals surface area (Å²) >= 11 is 0. The van der Waals surface area contributed by atoms with Crippen LogP contribution in [0.3, 0.4) is 0 Å². The van der Waals surface area contributed by atoms with Crippen molar-refractivity contribution in [2.75, 3.05) is 5.73 Å². The number of aromatic nitrogens is 3. The van der Waals surface area contributed by atoms with Crippen LogP contribution in [0.2, 0.25) is 0 Å². The molecule has 0 amide bonds. The Hall–Kier alpha value is -2.82. The van der Waals surface area contributed by atoms with Crippen molar-refractivity contribution >= 4 is 5.95 Å². The molecule has 0 aliphatic heterocycles. The zero-order valence-electron chi connectivity index (χ0n) is 10.1. The Morgan fingerprint density at radius 3 is 2.42 bits per heavy atom. The van der Waals surface area contributed by atoms with Gasteiger partial charge in [-0.1, -0.05) is 30.3 Å². The fourth-order valence-electron chi connectivity index (χ4n) is 1.76. The minimum Gasteiger partial charge on any atom is -0.457 e. The van der Waals surface area contributed by atoms with Crippen LogP contribution in [0.25, 0.3) is 11.4 Å². The number of anilines is 1. The summed E-state index contributed by atoms with van der Waals surface area (Å²) in [6.07, 6.45) is 0. The van der Waals surface area contributed by atoms with Gasteiger partial charge in [0.05, 0.1) is 5.56 Å². The standard InChI is InChI=1S/C14H12N4O/c15-14-16-13(17-18-14)11-8-4-5-9-12(11)19-10-6-2-1-3-7-10/h1-9H,(H3,15,16,17,18). The molecule has 3 rings (SSSR count). The van der Waals surface area contributed by atoms with Gasteiger partial charge in [-0.05, 0) is 24.3 Å². The van der Waals surface area contributed by atoms with Gasteiger partial charge in [-0.25, -0.2) is 0 Å². The molecule has 0 spiro atoms. The van der Waals surface area contributed by atoms with E-state index in [2.05, 4.69) is 15.2 Å². The molecule has 1 heterocycles. The number of hydrogen-bond donors (Lipinski definition) is 2. The van der Waals surface area contributed by atoms with Crippen LogP contribution < -0.4 is 10.5 Å². The van der Waals surface area contributed by atoms with Crippen LogP contribution in [0.4, 0.5) is 5.95 Å². The first-order valence-corrected chi connectivity index (χ1v) is 5.83. The Labute approximate surface area is 110 Å². The minimum atomic E-state index is 0.213. The number of para-hydroxylation sites is 2. The van der Waals surface area contributed by atoms with Crippen LogP contribution in [0.5, 0.6) is 11.5 Å². The van der Waals surface area contributed by atoms with Gasteiger partial charge in [0.25, 0.3) is 0 Å².